The molecule has 0 aliphatic rings. The van der Waals surface area contributed by atoms with Gasteiger partial charge < -0.3 is 5.11 Å². The minimum absolute atomic E-state index is 0.00505. The van der Waals surface area contributed by atoms with Crippen LogP contribution in [-0.4, -0.2) is 10.0 Å². The minimum Gasteiger partial charge on any atom is -0.389 e. The van der Waals surface area contributed by atoms with Gasteiger partial charge in [-0.2, -0.15) is 0 Å². The van der Waals surface area contributed by atoms with E-state index in [1.807, 2.05) is 18.2 Å². The third kappa shape index (κ3) is 3.97. The molecule has 0 unspecified atom stereocenters. The predicted octanol–water partition coefficient (Wildman–Crippen LogP) is 4.59. The third-order valence-electron chi connectivity index (χ3n) is 3.00. The zero-order valence-corrected chi connectivity index (χ0v) is 12.9. The number of halogens is 1. The van der Waals surface area contributed by atoms with Crippen LogP contribution in [0.1, 0.15) is 24.2 Å². The molecule has 0 aromatic heterocycles. The van der Waals surface area contributed by atoms with Crippen LogP contribution in [0, 0.1) is 10.1 Å². The first-order chi connectivity index (χ1) is 9.99. The van der Waals surface area contributed by atoms with Crippen LogP contribution in [0.15, 0.2) is 47.4 Å². The molecular formula is C15H14ClNO3S. The van der Waals surface area contributed by atoms with E-state index >= 15 is 0 Å². The van der Waals surface area contributed by atoms with Crippen molar-refractivity contribution in [2.75, 3.05) is 0 Å². The molecule has 0 saturated heterocycles. The van der Waals surface area contributed by atoms with Gasteiger partial charge in [0.05, 0.1) is 15.9 Å². The summed E-state index contributed by atoms with van der Waals surface area (Å²) in [6, 6.07) is 12.2. The summed E-state index contributed by atoms with van der Waals surface area (Å²) in [4.78, 5) is 11.3. The molecule has 0 amide bonds. The van der Waals surface area contributed by atoms with Gasteiger partial charge in [0, 0.05) is 16.8 Å². The van der Waals surface area contributed by atoms with Crippen LogP contribution >= 0.6 is 23.4 Å². The molecule has 2 aromatic rings. The summed E-state index contributed by atoms with van der Waals surface area (Å²) in [7, 11) is 0. The van der Waals surface area contributed by atoms with Crippen LogP contribution in [0.4, 0.5) is 5.69 Å². The fraction of sp³-hybridized carbons (Fsp3) is 0.200. The Hall–Kier alpha value is -1.56. The van der Waals surface area contributed by atoms with Gasteiger partial charge in [-0.15, -0.1) is 11.8 Å². The number of nitro benzene ring substituents is 1. The van der Waals surface area contributed by atoms with E-state index in [1.54, 1.807) is 25.1 Å². The summed E-state index contributed by atoms with van der Waals surface area (Å²) in [5.74, 6) is 0.550. The molecule has 6 heteroatoms. The summed E-state index contributed by atoms with van der Waals surface area (Å²) < 4.78 is 0. The predicted molar refractivity (Wildman–Crippen MR) is 84.7 cm³/mol. The van der Waals surface area contributed by atoms with E-state index in [4.69, 9.17) is 11.6 Å². The van der Waals surface area contributed by atoms with Gasteiger partial charge in [0.25, 0.3) is 5.69 Å². The highest BCUT2D eigenvalue weighted by molar-refractivity contribution is 7.98. The van der Waals surface area contributed by atoms with Crippen molar-refractivity contribution in [3.05, 3.63) is 68.7 Å². The standard InChI is InChI=1S/C15H14ClNO3S/c1-10(18)11-6-7-15(14(8-11)17(19)20)21-9-12-4-2-3-5-13(12)16/h2-8,10,18H,9H2,1H3/t10-/m1/s1. The number of thioether (sulfide) groups is 1. The van der Waals surface area contributed by atoms with Gasteiger partial charge in [-0.05, 0) is 30.2 Å². The van der Waals surface area contributed by atoms with Crippen molar-refractivity contribution in [3.8, 4) is 0 Å². The monoisotopic (exact) mass is 323 g/mol. The lowest BCUT2D eigenvalue weighted by molar-refractivity contribution is -0.387. The first-order valence-corrected chi connectivity index (χ1v) is 7.68. The maximum absolute atomic E-state index is 11.2. The number of rotatable bonds is 5. The maximum Gasteiger partial charge on any atom is 0.283 e. The fourth-order valence-corrected chi connectivity index (χ4v) is 3.12. The number of nitrogens with zero attached hydrogens (tertiary/aromatic N) is 1. The van der Waals surface area contributed by atoms with Crippen molar-refractivity contribution >= 4 is 29.1 Å². The van der Waals surface area contributed by atoms with E-state index in [-0.39, 0.29) is 5.69 Å². The number of nitro groups is 1. The molecule has 4 nitrogen and oxygen atoms in total. The highest BCUT2D eigenvalue weighted by Gasteiger charge is 2.17. The van der Waals surface area contributed by atoms with Gasteiger partial charge in [-0.25, -0.2) is 0 Å². The van der Waals surface area contributed by atoms with Crippen molar-refractivity contribution in [1.29, 1.82) is 0 Å². The second kappa shape index (κ2) is 6.93. The topological polar surface area (TPSA) is 63.4 Å². The Bertz CT molecular complexity index is 661. The molecule has 0 aliphatic heterocycles. The number of aliphatic hydroxyl groups excluding tert-OH is 1. The smallest absolute Gasteiger partial charge is 0.283 e. The molecule has 0 spiro atoms. The van der Waals surface area contributed by atoms with Gasteiger partial charge in [0.2, 0.25) is 0 Å². The molecule has 0 fully saturated rings. The van der Waals surface area contributed by atoms with E-state index in [9.17, 15) is 15.2 Å². The fourth-order valence-electron chi connectivity index (χ4n) is 1.83. The average molecular weight is 324 g/mol. The molecule has 0 saturated carbocycles. The minimum atomic E-state index is -0.730. The molecule has 2 rings (SSSR count). The molecule has 0 heterocycles. The lowest BCUT2D eigenvalue weighted by atomic mass is 10.1. The first kappa shape index (κ1) is 15.8. The third-order valence-corrected chi connectivity index (χ3v) is 4.48. The van der Waals surface area contributed by atoms with Crippen molar-refractivity contribution in [2.45, 2.75) is 23.7 Å². The SMILES string of the molecule is C[C@@H](O)c1ccc(SCc2ccccc2Cl)c([N+](=O)[O-])c1. The van der Waals surface area contributed by atoms with Crippen LogP contribution < -0.4 is 0 Å². The van der Waals surface area contributed by atoms with Crippen molar-refractivity contribution in [3.63, 3.8) is 0 Å². The molecule has 21 heavy (non-hydrogen) atoms. The van der Waals surface area contributed by atoms with E-state index in [0.29, 0.717) is 21.2 Å². The van der Waals surface area contributed by atoms with E-state index < -0.39 is 11.0 Å². The Balaban J connectivity index is 2.24. The summed E-state index contributed by atoms with van der Waals surface area (Å²) in [6.07, 6.45) is -0.730. The molecular weight excluding hydrogens is 310 g/mol. The largest absolute Gasteiger partial charge is 0.389 e. The highest BCUT2D eigenvalue weighted by Crippen LogP contribution is 2.34. The maximum atomic E-state index is 11.2. The van der Waals surface area contributed by atoms with Gasteiger partial charge in [-0.3, -0.25) is 10.1 Å². The Morgan fingerprint density at radius 3 is 2.67 bits per heavy atom. The Labute approximate surface area is 131 Å². The van der Waals surface area contributed by atoms with Crippen molar-refractivity contribution in [1.82, 2.24) is 0 Å². The summed E-state index contributed by atoms with van der Waals surface area (Å²) >= 11 is 7.43. The molecule has 0 radical (unpaired) electrons. The van der Waals surface area contributed by atoms with Gasteiger partial charge in [-0.1, -0.05) is 35.9 Å². The van der Waals surface area contributed by atoms with E-state index in [0.717, 1.165) is 5.56 Å². The van der Waals surface area contributed by atoms with Crippen molar-refractivity contribution < 1.29 is 10.0 Å². The lowest BCUT2D eigenvalue weighted by Crippen LogP contribution is -1.96. The zero-order chi connectivity index (χ0) is 15.4. The second-order valence-corrected chi connectivity index (χ2v) is 5.96. The Kier molecular flexibility index (Phi) is 5.22. The lowest BCUT2D eigenvalue weighted by Gasteiger charge is -2.08. The number of benzene rings is 2. The van der Waals surface area contributed by atoms with E-state index in [1.165, 1.54) is 17.8 Å². The number of aliphatic hydroxyl groups is 1. The summed E-state index contributed by atoms with van der Waals surface area (Å²) in [6.45, 7) is 1.58. The van der Waals surface area contributed by atoms with Crippen molar-refractivity contribution in [2.24, 2.45) is 0 Å². The van der Waals surface area contributed by atoms with Gasteiger partial charge in [0.1, 0.15) is 0 Å². The van der Waals surface area contributed by atoms with Crippen LogP contribution in [0.25, 0.3) is 0 Å². The number of hydrogen-bond acceptors (Lipinski definition) is 4. The van der Waals surface area contributed by atoms with Crippen LogP contribution in [0.5, 0.6) is 0 Å². The second-order valence-electron chi connectivity index (χ2n) is 4.54. The first-order valence-electron chi connectivity index (χ1n) is 6.31. The zero-order valence-electron chi connectivity index (χ0n) is 11.3. The van der Waals surface area contributed by atoms with Crippen LogP contribution in [0.2, 0.25) is 5.02 Å². The van der Waals surface area contributed by atoms with Gasteiger partial charge in [0.15, 0.2) is 0 Å². The molecule has 1 N–H and O–H groups in total. The molecule has 0 aliphatic carbocycles. The van der Waals surface area contributed by atoms with Crippen LogP contribution in [-0.2, 0) is 5.75 Å². The molecule has 2 aromatic carbocycles. The average Bonchev–Trinajstić information content (AvgIpc) is 2.46. The molecule has 1 atom stereocenters. The Morgan fingerprint density at radius 1 is 1.33 bits per heavy atom. The van der Waals surface area contributed by atoms with E-state index in [2.05, 4.69) is 0 Å². The normalized spacial score (nSPS) is 12.1. The Morgan fingerprint density at radius 2 is 2.05 bits per heavy atom. The van der Waals surface area contributed by atoms with Crippen LogP contribution in [0.3, 0.4) is 0 Å². The summed E-state index contributed by atoms with van der Waals surface area (Å²) in [5, 5.41) is 21.3. The summed E-state index contributed by atoms with van der Waals surface area (Å²) in [5.41, 5.74) is 1.47. The van der Waals surface area contributed by atoms with Gasteiger partial charge >= 0.3 is 0 Å². The molecule has 0 bridgehead atoms. The highest BCUT2D eigenvalue weighted by atomic mass is 35.5. The number of hydrogen-bond donors (Lipinski definition) is 1. The quantitative estimate of drug-likeness (QED) is 0.496. The molecule has 110 valence electrons.